The third kappa shape index (κ3) is 6.34. The summed E-state index contributed by atoms with van der Waals surface area (Å²) in [5.41, 5.74) is 7.34. The molecule has 1 atom stereocenters. The number of benzene rings is 1. The van der Waals surface area contributed by atoms with Crippen molar-refractivity contribution in [1.29, 1.82) is 0 Å². The number of hydrogen-bond acceptors (Lipinski definition) is 3. The zero-order valence-corrected chi connectivity index (χ0v) is 12.2. The monoisotopic (exact) mass is 266 g/mol. The molecule has 0 bridgehead atoms. The fraction of sp³-hybridized carbons (Fsp3) is 0.600. The van der Waals surface area contributed by atoms with Gasteiger partial charge in [-0.2, -0.15) is 0 Å². The van der Waals surface area contributed by atoms with Crippen molar-refractivity contribution in [1.82, 2.24) is 0 Å². The van der Waals surface area contributed by atoms with E-state index >= 15 is 0 Å². The van der Waals surface area contributed by atoms with Gasteiger partial charge in [0, 0.05) is 19.0 Å². The highest BCUT2D eigenvalue weighted by molar-refractivity contribution is 5.67. The van der Waals surface area contributed by atoms with E-state index in [4.69, 9.17) is 5.73 Å². The molecule has 0 saturated heterocycles. The Morgan fingerprint density at radius 3 is 2.68 bits per heavy atom. The van der Waals surface area contributed by atoms with E-state index in [1.165, 1.54) is 25.8 Å². The molecule has 0 aromatic heterocycles. The average Bonchev–Trinajstić information content (AvgIpc) is 2.39. The summed E-state index contributed by atoms with van der Waals surface area (Å²) in [6, 6.07) is 5.00. The van der Waals surface area contributed by atoms with Gasteiger partial charge in [0.05, 0.1) is 31.5 Å². The van der Waals surface area contributed by atoms with Gasteiger partial charge in [-0.05, 0) is 25.0 Å². The fourth-order valence-electron chi connectivity index (χ4n) is 2.11. The standard InChI is InChI=1S/C15H27N3O/c1-3-4-5-10-18(2)11-6-9-17-15-12-13(19)7-8-14(15)16/h7-8,12,17,19H,3-6,9-11,16H2,1-2H3/p+1. The van der Waals surface area contributed by atoms with Gasteiger partial charge in [0.25, 0.3) is 0 Å². The summed E-state index contributed by atoms with van der Waals surface area (Å²) in [7, 11) is 2.25. The van der Waals surface area contributed by atoms with E-state index in [-0.39, 0.29) is 5.75 Å². The van der Waals surface area contributed by atoms with Crippen LogP contribution < -0.4 is 16.0 Å². The van der Waals surface area contributed by atoms with E-state index in [2.05, 4.69) is 19.3 Å². The zero-order chi connectivity index (χ0) is 14.1. The maximum atomic E-state index is 9.40. The highest BCUT2D eigenvalue weighted by Crippen LogP contribution is 2.23. The SMILES string of the molecule is CCCCC[NH+](C)CCCNc1cc(O)ccc1N. The number of unbranched alkanes of at least 4 members (excludes halogenated alkanes) is 2. The quantitative estimate of drug-likeness (QED) is 0.311. The number of quaternary nitrogens is 1. The minimum absolute atomic E-state index is 0.249. The number of nitrogens with two attached hydrogens (primary N) is 1. The second-order valence-electron chi connectivity index (χ2n) is 5.22. The molecule has 0 aliphatic rings. The second kappa shape index (κ2) is 8.64. The van der Waals surface area contributed by atoms with E-state index in [1.54, 1.807) is 23.1 Å². The molecule has 0 spiro atoms. The minimum Gasteiger partial charge on any atom is -0.508 e. The van der Waals surface area contributed by atoms with Gasteiger partial charge in [-0.15, -0.1) is 0 Å². The van der Waals surface area contributed by atoms with Gasteiger partial charge in [-0.3, -0.25) is 0 Å². The normalized spacial score (nSPS) is 12.3. The smallest absolute Gasteiger partial charge is 0.117 e. The van der Waals surface area contributed by atoms with Crippen LogP contribution in [0.2, 0.25) is 0 Å². The molecule has 1 rings (SSSR count). The van der Waals surface area contributed by atoms with Gasteiger partial charge in [-0.25, -0.2) is 0 Å². The first-order chi connectivity index (χ1) is 9.13. The van der Waals surface area contributed by atoms with Gasteiger partial charge in [-0.1, -0.05) is 13.3 Å². The Kier molecular flexibility index (Phi) is 7.11. The Labute approximate surface area is 116 Å². The van der Waals surface area contributed by atoms with Gasteiger partial charge in [0.1, 0.15) is 5.75 Å². The van der Waals surface area contributed by atoms with E-state index in [0.717, 1.165) is 25.2 Å². The topological polar surface area (TPSA) is 62.7 Å². The molecule has 0 saturated carbocycles. The van der Waals surface area contributed by atoms with Crippen LogP contribution in [0.3, 0.4) is 0 Å². The summed E-state index contributed by atoms with van der Waals surface area (Å²) in [5, 5.41) is 12.7. The molecule has 4 heteroatoms. The number of phenols is 1. The van der Waals surface area contributed by atoms with Crippen molar-refractivity contribution in [3.05, 3.63) is 18.2 Å². The number of anilines is 2. The largest absolute Gasteiger partial charge is 0.508 e. The number of aromatic hydroxyl groups is 1. The van der Waals surface area contributed by atoms with Crippen molar-refractivity contribution in [3.8, 4) is 5.75 Å². The summed E-state index contributed by atoms with van der Waals surface area (Å²) in [5.74, 6) is 0.249. The Hall–Kier alpha value is -1.42. The van der Waals surface area contributed by atoms with Crippen LogP contribution >= 0.6 is 0 Å². The zero-order valence-electron chi connectivity index (χ0n) is 12.2. The van der Waals surface area contributed by atoms with Crippen LogP contribution in [0.5, 0.6) is 5.75 Å². The predicted octanol–water partition coefficient (Wildman–Crippen LogP) is 1.48. The van der Waals surface area contributed by atoms with Crippen LogP contribution in [0, 0.1) is 0 Å². The van der Waals surface area contributed by atoms with Crippen LogP contribution in [0.15, 0.2) is 18.2 Å². The lowest BCUT2D eigenvalue weighted by Crippen LogP contribution is -3.09. The molecule has 0 fully saturated rings. The number of phenolic OH excluding ortho intramolecular Hbond substituents is 1. The van der Waals surface area contributed by atoms with Gasteiger partial charge in [0.2, 0.25) is 0 Å². The van der Waals surface area contributed by atoms with Crippen LogP contribution in [-0.2, 0) is 0 Å². The van der Waals surface area contributed by atoms with E-state index in [0.29, 0.717) is 5.69 Å². The van der Waals surface area contributed by atoms with Crippen molar-refractivity contribution >= 4 is 11.4 Å². The Morgan fingerprint density at radius 1 is 1.21 bits per heavy atom. The fourth-order valence-corrected chi connectivity index (χ4v) is 2.11. The molecule has 1 aromatic rings. The third-order valence-corrected chi connectivity index (χ3v) is 3.34. The lowest BCUT2D eigenvalue weighted by molar-refractivity contribution is -0.879. The first-order valence-corrected chi connectivity index (χ1v) is 7.27. The molecule has 4 nitrogen and oxygen atoms in total. The molecule has 1 aromatic carbocycles. The number of nitrogens with one attached hydrogen (secondary N) is 2. The lowest BCUT2D eigenvalue weighted by Gasteiger charge is -2.14. The molecule has 19 heavy (non-hydrogen) atoms. The van der Waals surface area contributed by atoms with E-state index in [9.17, 15) is 5.11 Å². The summed E-state index contributed by atoms with van der Waals surface area (Å²) < 4.78 is 0. The summed E-state index contributed by atoms with van der Waals surface area (Å²) in [4.78, 5) is 1.58. The molecule has 0 radical (unpaired) electrons. The summed E-state index contributed by atoms with van der Waals surface area (Å²) in [6.07, 6.45) is 5.03. The van der Waals surface area contributed by atoms with Crippen molar-refractivity contribution in [2.75, 3.05) is 37.7 Å². The number of hydrogen-bond donors (Lipinski definition) is 4. The van der Waals surface area contributed by atoms with Crippen molar-refractivity contribution in [3.63, 3.8) is 0 Å². The second-order valence-corrected chi connectivity index (χ2v) is 5.22. The molecule has 5 N–H and O–H groups in total. The van der Waals surface area contributed by atoms with E-state index < -0.39 is 0 Å². The highest BCUT2D eigenvalue weighted by Gasteiger charge is 2.03. The maximum Gasteiger partial charge on any atom is 0.117 e. The lowest BCUT2D eigenvalue weighted by atomic mass is 10.2. The summed E-state index contributed by atoms with van der Waals surface area (Å²) >= 11 is 0. The van der Waals surface area contributed by atoms with Gasteiger partial charge in [0.15, 0.2) is 0 Å². The van der Waals surface area contributed by atoms with Crippen molar-refractivity contribution in [2.24, 2.45) is 0 Å². The molecule has 1 unspecified atom stereocenters. The van der Waals surface area contributed by atoms with Crippen molar-refractivity contribution < 1.29 is 10.0 Å². The number of rotatable bonds is 9. The molecular weight excluding hydrogens is 238 g/mol. The van der Waals surface area contributed by atoms with Crippen LogP contribution in [0.1, 0.15) is 32.6 Å². The molecule has 0 heterocycles. The molecule has 0 aliphatic heterocycles. The molecular formula is C15H28N3O+. The maximum absolute atomic E-state index is 9.40. The number of nitrogen functional groups attached to an aromatic ring is 1. The first kappa shape index (κ1) is 15.6. The van der Waals surface area contributed by atoms with E-state index in [1.807, 2.05) is 0 Å². The molecule has 108 valence electrons. The minimum atomic E-state index is 0.249. The third-order valence-electron chi connectivity index (χ3n) is 3.34. The average molecular weight is 266 g/mol. The van der Waals surface area contributed by atoms with Crippen LogP contribution in [0.25, 0.3) is 0 Å². The van der Waals surface area contributed by atoms with Gasteiger partial charge >= 0.3 is 0 Å². The molecule has 0 amide bonds. The predicted molar refractivity (Wildman–Crippen MR) is 81.8 cm³/mol. The first-order valence-electron chi connectivity index (χ1n) is 7.27. The Bertz CT molecular complexity index is 368. The van der Waals surface area contributed by atoms with Crippen LogP contribution in [-0.4, -0.2) is 31.8 Å². The van der Waals surface area contributed by atoms with Crippen LogP contribution in [0.4, 0.5) is 11.4 Å². The van der Waals surface area contributed by atoms with Crippen molar-refractivity contribution in [2.45, 2.75) is 32.6 Å². The van der Waals surface area contributed by atoms with Gasteiger partial charge < -0.3 is 21.1 Å². The highest BCUT2D eigenvalue weighted by atomic mass is 16.3. The Balaban J connectivity index is 2.18. The molecule has 0 aliphatic carbocycles. The summed E-state index contributed by atoms with van der Waals surface area (Å²) in [6.45, 7) is 5.54. The Morgan fingerprint density at radius 2 is 1.95 bits per heavy atom.